The quantitative estimate of drug-likeness (QED) is 0.788. The highest BCUT2D eigenvalue weighted by atomic mass is 16.5. The molecule has 0 amide bonds. The molecule has 1 unspecified atom stereocenters. The van der Waals surface area contributed by atoms with E-state index in [4.69, 9.17) is 4.74 Å². The molecule has 0 heterocycles. The topological polar surface area (TPSA) is 24.5 Å². The Morgan fingerprint density at radius 3 is 2.40 bits per heavy atom. The molecular formula is C17H30N2O. The second kappa shape index (κ2) is 7.65. The molecular weight excluding hydrogens is 248 g/mol. The van der Waals surface area contributed by atoms with Crippen molar-refractivity contribution in [1.29, 1.82) is 0 Å². The highest BCUT2D eigenvalue weighted by Crippen LogP contribution is 2.34. The zero-order chi connectivity index (χ0) is 15.2. The molecule has 3 nitrogen and oxygen atoms in total. The van der Waals surface area contributed by atoms with Gasteiger partial charge in [-0.1, -0.05) is 25.1 Å². The van der Waals surface area contributed by atoms with Gasteiger partial charge in [0.15, 0.2) is 0 Å². The van der Waals surface area contributed by atoms with E-state index in [1.165, 1.54) is 5.56 Å². The number of likely N-dealkylation sites (N-methyl/N-ethyl adjacent to an activating group) is 1. The van der Waals surface area contributed by atoms with Crippen LogP contribution in [0.5, 0.6) is 5.75 Å². The van der Waals surface area contributed by atoms with E-state index in [1.54, 1.807) is 0 Å². The zero-order valence-corrected chi connectivity index (χ0v) is 13.9. The third-order valence-electron chi connectivity index (χ3n) is 3.99. The summed E-state index contributed by atoms with van der Waals surface area (Å²) < 4.78 is 5.81. The molecule has 20 heavy (non-hydrogen) atoms. The first kappa shape index (κ1) is 17.0. The standard InChI is InChI=1S/C17H30N2O/c1-7-13-18-16(17(3,4)19(5)6)14-11-9-10-12-15(14)20-8-2/h9-12,16,18H,7-8,13H2,1-6H3. The van der Waals surface area contributed by atoms with Crippen LogP contribution in [0.3, 0.4) is 0 Å². The molecule has 1 aromatic carbocycles. The van der Waals surface area contributed by atoms with Gasteiger partial charge in [0.2, 0.25) is 0 Å². The van der Waals surface area contributed by atoms with Crippen LogP contribution in [-0.2, 0) is 0 Å². The normalized spacial score (nSPS) is 13.6. The summed E-state index contributed by atoms with van der Waals surface area (Å²) in [5.41, 5.74) is 1.24. The molecule has 3 heteroatoms. The van der Waals surface area contributed by atoms with Crippen molar-refractivity contribution < 1.29 is 4.74 Å². The van der Waals surface area contributed by atoms with Crippen LogP contribution in [-0.4, -0.2) is 37.7 Å². The van der Waals surface area contributed by atoms with Gasteiger partial charge in [-0.2, -0.15) is 0 Å². The lowest BCUT2D eigenvalue weighted by atomic mass is 9.86. The molecule has 0 radical (unpaired) electrons. The predicted octanol–water partition coefficient (Wildman–Crippen LogP) is 3.47. The van der Waals surface area contributed by atoms with Gasteiger partial charge >= 0.3 is 0 Å². The number of para-hydroxylation sites is 1. The Kier molecular flexibility index (Phi) is 6.50. The summed E-state index contributed by atoms with van der Waals surface area (Å²) in [4.78, 5) is 2.27. The molecule has 1 rings (SSSR count). The largest absolute Gasteiger partial charge is 0.494 e. The van der Waals surface area contributed by atoms with Gasteiger partial charge in [0.05, 0.1) is 12.6 Å². The minimum atomic E-state index is 0.00236. The summed E-state index contributed by atoms with van der Waals surface area (Å²) in [5.74, 6) is 0.985. The molecule has 0 spiro atoms. The van der Waals surface area contributed by atoms with Crippen LogP contribution in [0.2, 0.25) is 0 Å². The third-order valence-corrected chi connectivity index (χ3v) is 3.99. The van der Waals surface area contributed by atoms with Gasteiger partial charge in [0, 0.05) is 11.1 Å². The van der Waals surface area contributed by atoms with Crippen LogP contribution in [0.1, 0.15) is 45.7 Å². The van der Waals surface area contributed by atoms with Crippen molar-refractivity contribution in [3.05, 3.63) is 29.8 Å². The highest BCUT2D eigenvalue weighted by Gasteiger charge is 2.34. The van der Waals surface area contributed by atoms with Gasteiger partial charge in [-0.05, 0) is 53.9 Å². The second-order valence-corrected chi connectivity index (χ2v) is 5.91. The Morgan fingerprint density at radius 2 is 1.85 bits per heavy atom. The molecule has 0 saturated heterocycles. The van der Waals surface area contributed by atoms with Crippen molar-refractivity contribution in [3.63, 3.8) is 0 Å². The summed E-state index contributed by atoms with van der Waals surface area (Å²) in [6, 6.07) is 8.59. The van der Waals surface area contributed by atoms with Crippen LogP contribution in [0.4, 0.5) is 0 Å². The number of hydrogen-bond acceptors (Lipinski definition) is 3. The van der Waals surface area contributed by atoms with Crippen LogP contribution in [0, 0.1) is 0 Å². The average Bonchev–Trinajstić information content (AvgIpc) is 2.41. The predicted molar refractivity (Wildman–Crippen MR) is 86.4 cm³/mol. The lowest BCUT2D eigenvalue weighted by molar-refractivity contribution is 0.135. The minimum absolute atomic E-state index is 0.00236. The van der Waals surface area contributed by atoms with Crippen molar-refractivity contribution in [2.75, 3.05) is 27.2 Å². The molecule has 114 valence electrons. The fourth-order valence-corrected chi connectivity index (χ4v) is 2.29. The fraction of sp³-hybridized carbons (Fsp3) is 0.647. The Bertz CT molecular complexity index is 402. The first-order valence-corrected chi connectivity index (χ1v) is 7.57. The van der Waals surface area contributed by atoms with E-state index in [-0.39, 0.29) is 11.6 Å². The lowest BCUT2D eigenvalue weighted by Crippen LogP contribution is -2.49. The molecule has 0 bridgehead atoms. The molecule has 0 aromatic heterocycles. The Balaban J connectivity index is 3.16. The van der Waals surface area contributed by atoms with Crippen molar-refractivity contribution in [2.24, 2.45) is 0 Å². The Morgan fingerprint density at radius 1 is 1.20 bits per heavy atom. The lowest BCUT2D eigenvalue weighted by Gasteiger charge is -2.41. The maximum absolute atomic E-state index is 5.81. The first-order chi connectivity index (χ1) is 9.45. The third kappa shape index (κ3) is 3.97. The SMILES string of the molecule is CCCNC(c1ccccc1OCC)C(C)(C)N(C)C. The number of nitrogens with zero attached hydrogens (tertiary/aromatic N) is 1. The monoisotopic (exact) mass is 278 g/mol. The van der Waals surface area contributed by atoms with E-state index in [0.29, 0.717) is 6.61 Å². The number of rotatable bonds is 8. The van der Waals surface area contributed by atoms with Gasteiger partial charge < -0.3 is 15.0 Å². The van der Waals surface area contributed by atoms with Crippen LogP contribution in [0.15, 0.2) is 24.3 Å². The smallest absolute Gasteiger partial charge is 0.124 e. The first-order valence-electron chi connectivity index (χ1n) is 7.57. The molecule has 0 aliphatic carbocycles. The molecule has 1 aromatic rings. The number of hydrogen-bond donors (Lipinski definition) is 1. The van der Waals surface area contributed by atoms with Crippen LogP contribution < -0.4 is 10.1 Å². The highest BCUT2D eigenvalue weighted by molar-refractivity contribution is 5.37. The molecule has 0 aliphatic heterocycles. The van der Waals surface area contributed by atoms with Crippen molar-refractivity contribution in [2.45, 2.75) is 45.7 Å². The van der Waals surface area contributed by atoms with E-state index in [9.17, 15) is 0 Å². The maximum atomic E-state index is 5.81. The van der Waals surface area contributed by atoms with Gasteiger partial charge in [-0.3, -0.25) is 0 Å². The Labute approximate surface area is 124 Å². The summed E-state index contributed by atoms with van der Waals surface area (Å²) in [7, 11) is 4.26. The summed E-state index contributed by atoms with van der Waals surface area (Å²) in [6.07, 6.45) is 1.12. The summed E-state index contributed by atoms with van der Waals surface area (Å²) in [5, 5.41) is 3.68. The van der Waals surface area contributed by atoms with Gasteiger partial charge in [0.25, 0.3) is 0 Å². The van der Waals surface area contributed by atoms with Crippen molar-refractivity contribution in [1.82, 2.24) is 10.2 Å². The second-order valence-electron chi connectivity index (χ2n) is 5.91. The maximum Gasteiger partial charge on any atom is 0.124 e. The van der Waals surface area contributed by atoms with E-state index >= 15 is 0 Å². The van der Waals surface area contributed by atoms with Crippen molar-refractivity contribution in [3.8, 4) is 5.75 Å². The van der Waals surface area contributed by atoms with E-state index in [1.807, 2.05) is 13.0 Å². The molecule has 0 fully saturated rings. The Hall–Kier alpha value is -1.06. The fourth-order valence-electron chi connectivity index (χ4n) is 2.29. The van der Waals surface area contributed by atoms with Gasteiger partial charge in [-0.15, -0.1) is 0 Å². The number of benzene rings is 1. The van der Waals surface area contributed by atoms with E-state index < -0.39 is 0 Å². The average molecular weight is 278 g/mol. The van der Waals surface area contributed by atoms with E-state index in [2.05, 4.69) is 63.3 Å². The molecule has 1 N–H and O–H groups in total. The zero-order valence-electron chi connectivity index (χ0n) is 13.9. The number of ether oxygens (including phenoxy) is 1. The molecule has 0 aliphatic rings. The van der Waals surface area contributed by atoms with Gasteiger partial charge in [-0.25, -0.2) is 0 Å². The molecule has 1 atom stereocenters. The van der Waals surface area contributed by atoms with Crippen LogP contribution in [0.25, 0.3) is 0 Å². The van der Waals surface area contributed by atoms with Gasteiger partial charge in [0.1, 0.15) is 5.75 Å². The van der Waals surface area contributed by atoms with Crippen molar-refractivity contribution >= 4 is 0 Å². The van der Waals surface area contributed by atoms with E-state index in [0.717, 1.165) is 18.7 Å². The van der Waals surface area contributed by atoms with Crippen LogP contribution >= 0.6 is 0 Å². The summed E-state index contributed by atoms with van der Waals surface area (Å²) >= 11 is 0. The summed E-state index contributed by atoms with van der Waals surface area (Å²) in [6.45, 7) is 10.5. The number of nitrogens with one attached hydrogen (secondary N) is 1. The molecule has 0 saturated carbocycles. The minimum Gasteiger partial charge on any atom is -0.494 e.